The summed E-state index contributed by atoms with van der Waals surface area (Å²) < 4.78 is 3.98. The van der Waals surface area contributed by atoms with Gasteiger partial charge in [0.1, 0.15) is 0 Å². The molecule has 2 aromatic carbocycles. The summed E-state index contributed by atoms with van der Waals surface area (Å²) in [5.74, 6) is 0. The first-order valence-electron chi connectivity index (χ1n) is 9.15. The van der Waals surface area contributed by atoms with Crippen molar-refractivity contribution in [3.05, 3.63) is 72.3 Å². The smallest absolute Gasteiger partial charge is 0.158 e. The molecule has 0 aliphatic heterocycles. The number of benzene rings is 2. The normalized spacial score (nSPS) is 10.6. The predicted octanol–water partition coefficient (Wildman–Crippen LogP) is 4.45. The topological polar surface area (TPSA) is 21.7 Å². The van der Waals surface area contributed by atoms with Crippen LogP contribution in [0.25, 0.3) is 16.9 Å². The fraction of sp³-hybridized carbons (Fsp3) is 0.318. The quantitative estimate of drug-likeness (QED) is 0.449. The van der Waals surface area contributed by atoms with E-state index in [0.717, 1.165) is 42.6 Å². The number of aryl methyl sites for hydroxylation is 3. The van der Waals surface area contributed by atoms with E-state index >= 15 is 0 Å². The number of nitrogens with zero attached hydrogens (tertiary/aromatic N) is 3. The molecule has 0 atom stereocenters. The summed E-state index contributed by atoms with van der Waals surface area (Å²) in [6.45, 7) is 8.82. The van der Waals surface area contributed by atoms with Crippen LogP contribution < -0.4 is 4.68 Å². The van der Waals surface area contributed by atoms with Gasteiger partial charge in [-0.2, -0.15) is 6.92 Å². The molecule has 0 N–H and O–H groups in total. The average molecular weight is 392 g/mol. The summed E-state index contributed by atoms with van der Waals surface area (Å²) in [6.07, 6.45) is 4.34. The van der Waals surface area contributed by atoms with Crippen molar-refractivity contribution >= 4 is 0 Å². The third-order valence-corrected chi connectivity index (χ3v) is 4.58. The Kier molecular flexibility index (Phi) is 7.06. The van der Waals surface area contributed by atoms with Gasteiger partial charge in [-0.25, -0.2) is 4.68 Å². The second-order valence-corrected chi connectivity index (χ2v) is 6.51. The largest absolute Gasteiger partial charge is 0.210 e. The van der Waals surface area contributed by atoms with Gasteiger partial charge in [0, 0.05) is 33.6 Å². The molecule has 3 nitrogen and oxygen atoms in total. The van der Waals surface area contributed by atoms with Crippen LogP contribution in [0.4, 0.5) is 0 Å². The minimum atomic E-state index is 0. The SMILES string of the molecule is [CH2-]c1c(-c2ccccc2)[n+](C)nn1-c1c(CCC)cccc1CCC.[Co]. The maximum absolute atomic E-state index is 4.81. The molecule has 3 rings (SSSR count). The van der Waals surface area contributed by atoms with Gasteiger partial charge in [0.15, 0.2) is 5.69 Å². The van der Waals surface area contributed by atoms with E-state index in [9.17, 15) is 0 Å². The van der Waals surface area contributed by atoms with E-state index in [1.807, 2.05) is 22.5 Å². The van der Waals surface area contributed by atoms with Gasteiger partial charge in [0.2, 0.25) is 0 Å². The van der Waals surface area contributed by atoms with Gasteiger partial charge in [0.05, 0.1) is 18.0 Å². The minimum Gasteiger partial charge on any atom is -0.210 e. The van der Waals surface area contributed by atoms with E-state index in [2.05, 4.69) is 63.2 Å². The number of aromatic nitrogens is 3. The van der Waals surface area contributed by atoms with Crippen LogP contribution in [0, 0.1) is 6.92 Å². The zero-order valence-electron chi connectivity index (χ0n) is 15.8. The summed E-state index contributed by atoms with van der Waals surface area (Å²) >= 11 is 0. The van der Waals surface area contributed by atoms with E-state index in [0.29, 0.717) is 0 Å². The molecule has 0 amide bonds. The molecule has 4 heteroatoms. The zero-order chi connectivity index (χ0) is 17.8. The first kappa shape index (κ1) is 20.3. The molecule has 1 radical (unpaired) electrons. The van der Waals surface area contributed by atoms with Crippen molar-refractivity contribution in [3.8, 4) is 16.9 Å². The Hall–Kier alpha value is -2.04. The molecule has 0 saturated heterocycles. The molecule has 3 aromatic rings. The molecule has 0 aliphatic rings. The number of hydrogen-bond acceptors (Lipinski definition) is 1. The molecule has 0 aliphatic carbocycles. The van der Waals surface area contributed by atoms with Crippen molar-refractivity contribution in [2.24, 2.45) is 7.05 Å². The Morgan fingerprint density at radius 3 is 2.04 bits per heavy atom. The van der Waals surface area contributed by atoms with Gasteiger partial charge in [-0.1, -0.05) is 80.8 Å². The van der Waals surface area contributed by atoms with Crippen molar-refractivity contribution in [3.63, 3.8) is 0 Å². The molecule has 0 spiro atoms. The molecule has 26 heavy (non-hydrogen) atoms. The van der Waals surface area contributed by atoms with Crippen molar-refractivity contribution in [1.82, 2.24) is 9.90 Å². The Morgan fingerprint density at radius 2 is 1.50 bits per heavy atom. The van der Waals surface area contributed by atoms with Crippen LogP contribution in [-0.2, 0) is 36.7 Å². The fourth-order valence-electron chi connectivity index (χ4n) is 3.51. The first-order chi connectivity index (χ1) is 12.2. The maximum atomic E-state index is 4.81. The van der Waals surface area contributed by atoms with Crippen molar-refractivity contribution < 1.29 is 21.5 Å². The fourth-order valence-corrected chi connectivity index (χ4v) is 3.51. The maximum Gasteiger partial charge on any atom is 0.158 e. The Bertz CT molecular complexity index is 829. The van der Waals surface area contributed by atoms with E-state index in [-0.39, 0.29) is 16.8 Å². The summed E-state index contributed by atoms with van der Waals surface area (Å²) in [5.41, 5.74) is 7.06. The van der Waals surface area contributed by atoms with Crippen LogP contribution in [0.15, 0.2) is 48.5 Å². The van der Waals surface area contributed by atoms with Gasteiger partial charge in [-0.05, 0) is 12.8 Å². The van der Waals surface area contributed by atoms with Crippen LogP contribution in [-0.4, -0.2) is 9.90 Å². The van der Waals surface area contributed by atoms with Gasteiger partial charge in [0.25, 0.3) is 0 Å². The third-order valence-electron chi connectivity index (χ3n) is 4.58. The van der Waals surface area contributed by atoms with Gasteiger partial charge < -0.3 is 0 Å². The number of hydrogen-bond donors (Lipinski definition) is 0. The second-order valence-electron chi connectivity index (χ2n) is 6.51. The molecular weight excluding hydrogens is 365 g/mol. The van der Waals surface area contributed by atoms with Gasteiger partial charge in [-0.15, -0.1) is 4.68 Å². The Morgan fingerprint density at radius 1 is 0.923 bits per heavy atom. The van der Waals surface area contributed by atoms with E-state index in [1.165, 1.54) is 16.8 Å². The number of rotatable bonds is 6. The Labute approximate surface area is 167 Å². The van der Waals surface area contributed by atoms with E-state index < -0.39 is 0 Å². The molecule has 0 fully saturated rings. The minimum absolute atomic E-state index is 0. The van der Waals surface area contributed by atoms with Crippen molar-refractivity contribution in [2.75, 3.05) is 0 Å². The molecule has 1 heterocycles. The van der Waals surface area contributed by atoms with Gasteiger partial charge in [-0.3, -0.25) is 0 Å². The van der Waals surface area contributed by atoms with Crippen molar-refractivity contribution in [2.45, 2.75) is 39.5 Å². The van der Waals surface area contributed by atoms with Crippen molar-refractivity contribution in [1.29, 1.82) is 0 Å². The van der Waals surface area contributed by atoms with Gasteiger partial charge >= 0.3 is 0 Å². The Balaban J connectivity index is 0.00000243. The summed E-state index contributed by atoms with van der Waals surface area (Å²) in [4.78, 5) is 0. The van der Waals surface area contributed by atoms with E-state index in [4.69, 9.17) is 5.21 Å². The second kappa shape index (κ2) is 9.06. The number of para-hydroxylation sites is 1. The molecule has 139 valence electrons. The van der Waals surface area contributed by atoms with Crippen LogP contribution in [0.1, 0.15) is 43.5 Å². The molecule has 1 aromatic heterocycles. The molecular formula is C22H27CoN3. The van der Waals surface area contributed by atoms with Crippen LogP contribution in [0.2, 0.25) is 0 Å². The average Bonchev–Trinajstić information content (AvgIpc) is 2.91. The third kappa shape index (κ3) is 3.86. The molecule has 0 saturated carbocycles. The van der Waals surface area contributed by atoms with Crippen LogP contribution in [0.5, 0.6) is 0 Å². The standard InChI is InChI=1S/C22H27N3.Co/c1-5-11-18-15-10-16-19(12-6-2)22(18)25-17(3)21(24(4)23-25)20-13-8-7-9-14-20;/h7-10,13-16H,3,5-6,11-12H2,1-2,4H3;. The predicted molar refractivity (Wildman–Crippen MR) is 103 cm³/mol. The summed E-state index contributed by atoms with van der Waals surface area (Å²) in [5, 5.41) is 4.81. The molecule has 0 unspecified atom stereocenters. The van der Waals surface area contributed by atoms with E-state index in [1.54, 1.807) is 0 Å². The monoisotopic (exact) mass is 392 g/mol. The van der Waals surface area contributed by atoms with Crippen LogP contribution in [0.3, 0.4) is 0 Å². The first-order valence-corrected chi connectivity index (χ1v) is 9.15. The zero-order valence-corrected chi connectivity index (χ0v) is 16.9. The van der Waals surface area contributed by atoms with Crippen LogP contribution >= 0.6 is 0 Å². The summed E-state index contributed by atoms with van der Waals surface area (Å²) in [6, 6.07) is 17.0. The molecule has 0 bridgehead atoms. The summed E-state index contributed by atoms with van der Waals surface area (Å²) in [7, 11) is 2.00.